The largest absolute Gasteiger partial charge is 0.465 e. The molecule has 0 bridgehead atoms. The minimum Gasteiger partial charge on any atom is -0.465 e. The average molecular weight is 159 g/mol. The molecule has 1 amide bonds. The van der Waals surface area contributed by atoms with Crippen LogP contribution in [0, 0.1) is 5.92 Å². The second-order valence-corrected chi connectivity index (χ2v) is 2.74. The lowest BCUT2D eigenvalue weighted by Gasteiger charge is -2.21. The van der Waals surface area contributed by atoms with Crippen molar-refractivity contribution in [1.82, 2.24) is 5.32 Å². The Labute approximate surface area is 65.5 Å². The molecule has 1 saturated heterocycles. The van der Waals surface area contributed by atoms with E-state index in [1.807, 2.05) is 0 Å². The molecule has 1 aliphatic rings. The summed E-state index contributed by atoms with van der Waals surface area (Å²) in [5.41, 5.74) is 0. The van der Waals surface area contributed by atoms with E-state index < -0.39 is 6.09 Å². The predicted octanol–water partition coefficient (Wildman–Crippen LogP) is 0.681. The van der Waals surface area contributed by atoms with Crippen molar-refractivity contribution in [1.29, 1.82) is 0 Å². The van der Waals surface area contributed by atoms with E-state index in [1.165, 1.54) is 0 Å². The molecule has 1 fully saturated rings. The third kappa shape index (κ3) is 3.23. The number of carbonyl (C=O) groups is 1. The first-order valence-corrected chi connectivity index (χ1v) is 3.83. The van der Waals surface area contributed by atoms with Gasteiger partial charge in [-0.3, -0.25) is 0 Å². The Morgan fingerprint density at radius 3 is 2.73 bits per heavy atom. The number of carboxylic acid groups (broad SMARTS) is 1. The van der Waals surface area contributed by atoms with Gasteiger partial charge in [-0.15, -0.1) is 0 Å². The molecule has 1 aliphatic heterocycles. The summed E-state index contributed by atoms with van der Waals surface area (Å²) < 4.78 is 5.13. The maximum absolute atomic E-state index is 10.1. The number of nitrogens with one attached hydrogen (secondary N) is 1. The van der Waals surface area contributed by atoms with Gasteiger partial charge in [-0.05, 0) is 18.8 Å². The quantitative estimate of drug-likeness (QED) is 0.623. The molecule has 0 radical (unpaired) electrons. The molecule has 4 heteroatoms. The van der Waals surface area contributed by atoms with E-state index in [-0.39, 0.29) is 0 Å². The van der Waals surface area contributed by atoms with Crippen molar-refractivity contribution in [3.63, 3.8) is 0 Å². The molecule has 0 aromatic rings. The topological polar surface area (TPSA) is 58.6 Å². The summed E-state index contributed by atoms with van der Waals surface area (Å²) in [4.78, 5) is 10.1. The van der Waals surface area contributed by atoms with Gasteiger partial charge in [0.05, 0.1) is 0 Å². The average Bonchev–Trinajstić information content (AvgIpc) is 2.03. The first-order valence-electron chi connectivity index (χ1n) is 3.83. The van der Waals surface area contributed by atoms with E-state index in [0.717, 1.165) is 26.1 Å². The lowest BCUT2D eigenvalue weighted by molar-refractivity contribution is 0.0661. The van der Waals surface area contributed by atoms with Gasteiger partial charge in [0, 0.05) is 19.8 Å². The lowest BCUT2D eigenvalue weighted by Crippen LogP contribution is -2.30. The Morgan fingerprint density at radius 2 is 2.18 bits per heavy atom. The fraction of sp³-hybridized carbons (Fsp3) is 0.857. The fourth-order valence-electron chi connectivity index (χ4n) is 1.18. The van der Waals surface area contributed by atoms with Crippen LogP contribution in [0.1, 0.15) is 12.8 Å². The highest BCUT2D eigenvalue weighted by atomic mass is 16.5. The Hall–Kier alpha value is -0.770. The van der Waals surface area contributed by atoms with E-state index in [1.54, 1.807) is 0 Å². The second kappa shape index (κ2) is 4.18. The van der Waals surface area contributed by atoms with Gasteiger partial charge in [-0.2, -0.15) is 0 Å². The Bertz CT molecular complexity index is 132. The van der Waals surface area contributed by atoms with Crippen LogP contribution in [-0.2, 0) is 4.74 Å². The van der Waals surface area contributed by atoms with Gasteiger partial charge in [-0.25, -0.2) is 4.79 Å². The number of hydrogen-bond donors (Lipinski definition) is 2. The predicted molar refractivity (Wildman–Crippen MR) is 39.6 cm³/mol. The monoisotopic (exact) mass is 159 g/mol. The molecular formula is C7H13NO3. The summed E-state index contributed by atoms with van der Waals surface area (Å²) in [5.74, 6) is 0.472. The van der Waals surface area contributed by atoms with Gasteiger partial charge in [0.25, 0.3) is 0 Å². The van der Waals surface area contributed by atoms with Crippen molar-refractivity contribution in [3.8, 4) is 0 Å². The van der Waals surface area contributed by atoms with Crippen LogP contribution in [0.15, 0.2) is 0 Å². The van der Waals surface area contributed by atoms with Gasteiger partial charge in [0.2, 0.25) is 0 Å². The zero-order valence-electron chi connectivity index (χ0n) is 6.38. The van der Waals surface area contributed by atoms with E-state index in [0.29, 0.717) is 12.5 Å². The van der Waals surface area contributed by atoms with Crippen LogP contribution >= 0.6 is 0 Å². The van der Waals surface area contributed by atoms with Crippen molar-refractivity contribution >= 4 is 6.09 Å². The first-order chi connectivity index (χ1) is 5.29. The number of amides is 1. The van der Waals surface area contributed by atoms with Crippen molar-refractivity contribution in [2.75, 3.05) is 19.8 Å². The standard InChI is InChI=1S/C7H13NO3/c9-7(10)8-5-6-1-3-11-4-2-6/h6,8H,1-5H2,(H,9,10). The Kier molecular flexibility index (Phi) is 3.16. The van der Waals surface area contributed by atoms with Crippen molar-refractivity contribution < 1.29 is 14.6 Å². The van der Waals surface area contributed by atoms with Crippen molar-refractivity contribution in [3.05, 3.63) is 0 Å². The molecule has 0 unspecified atom stereocenters. The fourth-order valence-corrected chi connectivity index (χ4v) is 1.18. The molecule has 0 spiro atoms. The molecule has 0 aromatic carbocycles. The van der Waals surface area contributed by atoms with Crippen LogP contribution in [-0.4, -0.2) is 31.0 Å². The molecule has 0 aliphatic carbocycles. The zero-order chi connectivity index (χ0) is 8.10. The molecule has 1 rings (SSSR count). The van der Waals surface area contributed by atoms with Crippen molar-refractivity contribution in [2.24, 2.45) is 5.92 Å². The van der Waals surface area contributed by atoms with E-state index in [9.17, 15) is 4.79 Å². The third-order valence-corrected chi connectivity index (χ3v) is 1.88. The van der Waals surface area contributed by atoms with Gasteiger partial charge >= 0.3 is 6.09 Å². The molecule has 0 atom stereocenters. The molecule has 0 aromatic heterocycles. The molecule has 0 saturated carbocycles. The number of hydrogen-bond acceptors (Lipinski definition) is 2. The minimum absolute atomic E-state index is 0.472. The van der Waals surface area contributed by atoms with E-state index in [2.05, 4.69) is 5.32 Å². The van der Waals surface area contributed by atoms with Crippen molar-refractivity contribution in [2.45, 2.75) is 12.8 Å². The normalized spacial score (nSPS) is 19.6. The molecule has 4 nitrogen and oxygen atoms in total. The van der Waals surface area contributed by atoms with Gasteiger partial charge < -0.3 is 15.2 Å². The summed E-state index contributed by atoms with van der Waals surface area (Å²) in [6.45, 7) is 2.11. The number of rotatable bonds is 2. The first kappa shape index (κ1) is 8.33. The second-order valence-electron chi connectivity index (χ2n) is 2.74. The Balaban J connectivity index is 2.09. The van der Waals surface area contributed by atoms with E-state index >= 15 is 0 Å². The summed E-state index contributed by atoms with van der Waals surface area (Å²) >= 11 is 0. The van der Waals surface area contributed by atoms with Crippen LogP contribution < -0.4 is 5.32 Å². The van der Waals surface area contributed by atoms with Gasteiger partial charge in [-0.1, -0.05) is 0 Å². The highest BCUT2D eigenvalue weighted by molar-refractivity contribution is 5.64. The van der Waals surface area contributed by atoms with Crippen LogP contribution in [0.4, 0.5) is 4.79 Å². The highest BCUT2D eigenvalue weighted by Gasteiger charge is 2.13. The molecule has 2 N–H and O–H groups in total. The number of ether oxygens (including phenoxy) is 1. The summed E-state index contributed by atoms with van der Waals surface area (Å²) in [7, 11) is 0. The summed E-state index contributed by atoms with van der Waals surface area (Å²) in [6, 6.07) is 0. The minimum atomic E-state index is -0.934. The Morgan fingerprint density at radius 1 is 1.55 bits per heavy atom. The molecular weight excluding hydrogens is 146 g/mol. The van der Waals surface area contributed by atoms with Gasteiger partial charge in [0.1, 0.15) is 0 Å². The van der Waals surface area contributed by atoms with Crippen LogP contribution in [0.25, 0.3) is 0 Å². The van der Waals surface area contributed by atoms with Crippen LogP contribution in [0.3, 0.4) is 0 Å². The molecule has 1 heterocycles. The van der Waals surface area contributed by atoms with Gasteiger partial charge in [0.15, 0.2) is 0 Å². The maximum Gasteiger partial charge on any atom is 0.404 e. The highest BCUT2D eigenvalue weighted by Crippen LogP contribution is 2.12. The van der Waals surface area contributed by atoms with Crippen LogP contribution in [0.5, 0.6) is 0 Å². The summed E-state index contributed by atoms with van der Waals surface area (Å²) in [5, 5.41) is 10.7. The lowest BCUT2D eigenvalue weighted by atomic mass is 10.0. The maximum atomic E-state index is 10.1. The molecule has 11 heavy (non-hydrogen) atoms. The smallest absolute Gasteiger partial charge is 0.404 e. The summed E-state index contributed by atoms with van der Waals surface area (Å²) in [6.07, 6.45) is 1.01. The SMILES string of the molecule is O=C(O)NCC1CCOCC1. The van der Waals surface area contributed by atoms with E-state index in [4.69, 9.17) is 9.84 Å². The third-order valence-electron chi connectivity index (χ3n) is 1.88. The molecule has 64 valence electrons. The van der Waals surface area contributed by atoms with Crippen LogP contribution in [0.2, 0.25) is 0 Å². The zero-order valence-corrected chi connectivity index (χ0v) is 6.38.